The number of hydrogen-bond acceptors (Lipinski definition) is 3. The molecule has 0 bridgehead atoms. The number of carbonyl (C=O) groups excluding carboxylic acids is 1. The lowest BCUT2D eigenvalue weighted by Gasteiger charge is -2.43. The van der Waals surface area contributed by atoms with Crippen molar-refractivity contribution in [1.29, 1.82) is 0 Å². The lowest BCUT2D eigenvalue weighted by molar-refractivity contribution is -0.0470. The van der Waals surface area contributed by atoms with Gasteiger partial charge in [0.25, 0.3) is 5.91 Å². The van der Waals surface area contributed by atoms with Crippen molar-refractivity contribution in [1.82, 2.24) is 4.90 Å². The van der Waals surface area contributed by atoms with E-state index >= 15 is 0 Å². The fourth-order valence-corrected chi connectivity index (χ4v) is 3.52. The number of ether oxygens (including phenoxy) is 2. The third-order valence-electron chi connectivity index (χ3n) is 4.59. The zero-order chi connectivity index (χ0) is 14.9. The first-order chi connectivity index (χ1) is 10.2. The maximum atomic E-state index is 13.8. The van der Waals surface area contributed by atoms with Crippen LogP contribution in [0.4, 0.5) is 4.39 Å². The van der Waals surface area contributed by atoms with Crippen molar-refractivity contribution >= 4 is 5.91 Å². The van der Waals surface area contributed by atoms with E-state index in [1.807, 2.05) is 0 Å². The van der Waals surface area contributed by atoms with Crippen molar-refractivity contribution in [2.75, 3.05) is 33.4 Å². The standard InChI is InChI=1S/C16H20FNO3/c1-20-11-16-7-9-21-14(16)6-8-18(10-16)15(19)12-4-2-3-5-13(12)17/h2-5,14H,6-11H2,1H3/t14-,16+/m1/s1. The largest absolute Gasteiger partial charge is 0.384 e. The second-order valence-corrected chi connectivity index (χ2v) is 5.90. The van der Waals surface area contributed by atoms with Crippen molar-refractivity contribution in [3.63, 3.8) is 0 Å². The van der Waals surface area contributed by atoms with E-state index in [9.17, 15) is 9.18 Å². The highest BCUT2D eigenvalue weighted by Gasteiger charge is 2.49. The van der Waals surface area contributed by atoms with E-state index in [1.54, 1.807) is 24.1 Å². The summed E-state index contributed by atoms with van der Waals surface area (Å²) in [6.07, 6.45) is 1.80. The molecule has 114 valence electrons. The Kier molecular flexibility index (Phi) is 3.95. The molecule has 1 amide bonds. The van der Waals surface area contributed by atoms with Crippen molar-refractivity contribution in [3.8, 4) is 0 Å². The van der Waals surface area contributed by atoms with E-state index in [0.29, 0.717) is 26.3 Å². The molecule has 0 spiro atoms. The number of piperidine rings is 1. The number of halogens is 1. The Hall–Kier alpha value is -1.46. The highest BCUT2D eigenvalue weighted by Crippen LogP contribution is 2.41. The van der Waals surface area contributed by atoms with Gasteiger partial charge in [-0.2, -0.15) is 0 Å². The maximum absolute atomic E-state index is 13.8. The molecule has 2 atom stereocenters. The van der Waals surface area contributed by atoms with E-state index in [0.717, 1.165) is 12.8 Å². The molecular formula is C16H20FNO3. The Balaban J connectivity index is 1.81. The highest BCUT2D eigenvalue weighted by molar-refractivity contribution is 5.94. The third kappa shape index (κ3) is 2.56. The molecule has 21 heavy (non-hydrogen) atoms. The Morgan fingerprint density at radius 3 is 3.10 bits per heavy atom. The molecule has 2 saturated heterocycles. The van der Waals surface area contributed by atoms with Crippen LogP contribution in [0.1, 0.15) is 23.2 Å². The van der Waals surface area contributed by atoms with E-state index in [2.05, 4.69) is 0 Å². The molecule has 0 aromatic heterocycles. The molecular weight excluding hydrogens is 273 g/mol. The number of nitrogens with zero attached hydrogens (tertiary/aromatic N) is 1. The van der Waals surface area contributed by atoms with Crippen LogP contribution in [-0.4, -0.2) is 50.3 Å². The molecule has 0 radical (unpaired) electrons. The third-order valence-corrected chi connectivity index (χ3v) is 4.59. The van der Waals surface area contributed by atoms with Crippen molar-refractivity contribution in [3.05, 3.63) is 35.6 Å². The number of amides is 1. The lowest BCUT2D eigenvalue weighted by Crippen LogP contribution is -2.53. The van der Waals surface area contributed by atoms with Gasteiger partial charge in [0.05, 0.1) is 18.3 Å². The number of benzene rings is 1. The molecule has 1 aromatic rings. The molecule has 3 rings (SSSR count). The summed E-state index contributed by atoms with van der Waals surface area (Å²) in [5, 5.41) is 0. The van der Waals surface area contributed by atoms with E-state index in [4.69, 9.17) is 9.47 Å². The van der Waals surface area contributed by atoms with Crippen molar-refractivity contribution in [2.24, 2.45) is 5.41 Å². The van der Waals surface area contributed by atoms with E-state index in [1.165, 1.54) is 12.1 Å². The van der Waals surface area contributed by atoms with Gasteiger partial charge in [0.2, 0.25) is 0 Å². The summed E-state index contributed by atoms with van der Waals surface area (Å²) >= 11 is 0. The van der Waals surface area contributed by atoms with Crippen LogP contribution < -0.4 is 0 Å². The van der Waals surface area contributed by atoms with Gasteiger partial charge in [0.15, 0.2) is 0 Å². The molecule has 1 aromatic carbocycles. The molecule has 0 N–H and O–H groups in total. The zero-order valence-electron chi connectivity index (χ0n) is 12.2. The quantitative estimate of drug-likeness (QED) is 0.856. The second-order valence-electron chi connectivity index (χ2n) is 5.90. The summed E-state index contributed by atoms with van der Waals surface area (Å²) < 4.78 is 24.9. The predicted molar refractivity (Wildman–Crippen MR) is 75.6 cm³/mol. The van der Waals surface area contributed by atoms with Gasteiger partial charge in [-0.15, -0.1) is 0 Å². The van der Waals surface area contributed by atoms with Gasteiger partial charge in [-0.05, 0) is 25.0 Å². The zero-order valence-corrected chi connectivity index (χ0v) is 12.2. The van der Waals surface area contributed by atoms with Gasteiger partial charge in [-0.1, -0.05) is 12.1 Å². The van der Waals surface area contributed by atoms with Crippen LogP contribution in [0.25, 0.3) is 0 Å². The van der Waals surface area contributed by atoms with Gasteiger partial charge < -0.3 is 14.4 Å². The summed E-state index contributed by atoms with van der Waals surface area (Å²) in [7, 11) is 1.67. The van der Waals surface area contributed by atoms with Crippen molar-refractivity contribution in [2.45, 2.75) is 18.9 Å². The van der Waals surface area contributed by atoms with Crippen LogP contribution in [-0.2, 0) is 9.47 Å². The van der Waals surface area contributed by atoms with Crippen LogP contribution in [0, 0.1) is 11.2 Å². The minimum Gasteiger partial charge on any atom is -0.384 e. The van der Waals surface area contributed by atoms with Crippen LogP contribution in [0.15, 0.2) is 24.3 Å². The summed E-state index contributed by atoms with van der Waals surface area (Å²) in [5.41, 5.74) is -0.00378. The van der Waals surface area contributed by atoms with E-state index in [-0.39, 0.29) is 23.0 Å². The van der Waals surface area contributed by atoms with Crippen LogP contribution in [0.5, 0.6) is 0 Å². The lowest BCUT2D eigenvalue weighted by atomic mass is 9.77. The molecule has 2 aliphatic rings. The molecule has 2 aliphatic heterocycles. The number of carbonyl (C=O) groups is 1. The first-order valence-corrected chi connectivity index (χ1v) is 7.31. The minimum absolute atomic E-state index is 0.141. The number of rotatable bonds is 3. The molecule has 0 unspecified atom stereocenters. The van der Waals surface area contributed by atoms with Gasteiger partial charge in [0, 0.05) is 32.2 Å². The van der Waals surface area contributed by atoms with Crippen molar-refractivity contribution < 1.29 is 18.7 Å². The summed E-state index contributed by atoms with van der Waals surface area (Å²) in [6.45, 7) is 2.44. The molecule has 0 aliphatic carbocycles. The Labute approximate surface area is 123 Å². The molecule has 2 fully saturated rings. The van der Waals surface area contributed by atoms with Gasteiger partial charge in [-0.3, -0.25) is 4.79 Å². The van der Waals surface area contributed by atoms with Gasteiger partial charge in [0.1, 0.15) is 5.82 Å². The SMILES string of the molecule is COC[C@@]12CCO[C@@H]1CCN(C(=O)c1ccccc1F)C2. The number of fused-ring (bicyclic) bond motifs is 1. The van der Waals surface area contributed by atoms with Crippen LogP contribution in [0.2, 0.25) is 0 Å². The normalized spacial score (nSPS) is 28.5. The van der Waals surface area contributed by atoms with Gasteiger partial charge in [-0.25, -0.2) is 4.39 Å². The Bertz CT molecular complexity index is 536. The number of likely N-dealkylation sites (tertiary alicyclic amines) is 1. The number of hydrogen-bond donors (Lipinski definition) is 0. The molecule has 0 saturated carbocycles. The molecule has 4 nitrogen and oxygen atoms in total. The fourth-order valence-electron chi connectivity index (χ4n) is 3.52. The summed E-state index contributed by atoms with van der Waals surface area (Å²) in [5.74, 6) is -0.706. The fraction of sp³-hybridized carbons (Fsp3) is 0.562. The monoisotopic (exact) mass is 293 g/mol. The Morgan fingerprint density at radius 1 is 1.52 bits per heavy atom. The van der Waals surface area contributed by atoms with E-state index < -0.39 is 5.82 Å². The highest BCUT2D eigenvalue weighted by atomic mass is 19.1. The topological polar surface area (TPSA) is 38.8 Å². The molecule has 5 heteroatoms. The average molecular weight is 293 g/mol. The maximum Gasteiger partial charge on any atom is 0.256 e. The second kappa shape index (κ2) is 5.73. The average Bonchev–Trinajstić information content (AvgIpc) is 2.90. The summed E-state index contributed by atoms with van der Waals surface area (Å²) in [6, 6.07) is 6.14. The first kappa shape index (κ1) is 14.5. The summed E-state index contributed by atoms with van der Waals surface area (Å²) in [4.78, 5) is 14.3. The first-order valence-electron chi connectivity index (χ1n) is 7.31. The number of methoxy groups -OCH3 is 1. The predicted octanol–water partition coefficient (Wildman–Crippen LogP) is 2.09. The smallest absolute Gasteiger partial charge is 0.256 e. The van der Waals surface area contributed by atoms with Crippen LogP contribution >= 0.6 is 0 Å². The van der Waals surface area contributed by atoms with Gasteiger partial charge >= 0.3 is 0 Å². The minimum atomic E-state index is -0.465. The Morgan fingerprint density at radius 2 is 2.33 bits per heavy atom. The molecule has 2 heterocycles. The van der Waals surface area contributed by atoms with Crippen LogP contribution in [0.3, 0.4) is 0 Å².